The molecule has 0 saturated carbocycles. The van der Waals surface area contributed by atoms with Gasteiger partial charge in [-0.1, -0.05) is 12.1 Å². The number of anilines is 1. The van der Waals surface area contributed by atoms with Crippen molar-refractivity contribution in [2.75, 3.05) is 19.0 Å². The van der Waals surface area contributed by atoms with Crippen LogP contribution in [0.1, 0.15) is 4.88 Å². The lowest BCUT2D eigenvalue weighted by atomic mass is 10.1. The maximum atomic E-state index is 5.40. The maximum absolute atomic E-state index is 5.40. The number of benzene rings is 1. The minimum absolute atomic E-state index is 0.857. The summed E-state index contributed by atoms with van der Waals surface area (Å²) < 4.78 is 6.57. The number of ether oxygens (including phenoxy) is 1. The van der Waals surface area contributed by atoms with E-state index in [0.717, 1.165) is 35.3 Å². The highest BCUT2D eigenvalue weighted by atomic mass is 79.9. The van der Waals surface area contributed by atoms with Crippen molar-refractivity contribution in [3.63, 3.8) is 0 Å². The Morgan fingerprint density at radius 2 is 2.10 bits per heavy atom. The molecular weight excluding hydrogens is 348 g/mol. The summed E-state index contributed by atoms with van der Waals surface area (Å²) >= 11 is 5.26. The summed E-state index contributed by atoms with van der Waals surface area (Å²) in [6.45, 7) is 0.857. The molecule has 0 spiro atoms. The fourth-order valence-electron chi connectivity index (χ4n) is 2.29. The number of hydrogen-bond acceptors (Lipinski definition) is 4. The number of rotatable bonds is 5. The molecule has 0 radical (unpaired) electrons. The normalized spacial score (nSPS) is 10.8. The molecular formula is C16H15BrN2OS. The smallest absolute Gasteiger partial charge is 0.133 e. The molecule has 0 unspecified atom stereocenters. The van der Waals surface area contributed by atoms with Crippen LogP contribution in [-0.2, 0) is 6.42 Å². The van der Waals surface area contributed by atoms with Crippen LogP contribution in [0.4, 0.5) is 5.82 Å². The van der Waals surface area contributed by atoms with Gasteiger partial charge >= 0.3 is 0 Å². The van der Waals surface area contributed by atoms with Crippen LogP contribution in [-0.4, -0.2) is 18.6 Å². The molecule has 0 amide bonds. The van der Waals surface area contributed by atoms with E-state index in [4.69, 9.17) is 4.74 Å². The van der Waals surface area contributed by atoms with Crippen molar-refractivity contribution in [1.82, 2.24) is 4.98 Å². The minimum Gasteiger partial charge on any atom is -0.496 e. The van der Waals surface area contributed by atoms with Gasteiger partial charge in [-0.3, -0.25) is 0 Å². The van der Waals surface area contributed by atoms with Gasteiger partial charge in [-0.05, 0) is 46.6 Å². The Morgan fingerprint density at radius 3 is 2.86 bits per heavy atom. The number of halogens is 1. The first-order chi connectivity index (χ1) is 10.3. The number of hydrogen-bond donors (Lipinski definition) is 1. The van der Waals surface area contributed by atoms with E-state index in [0.29, 0.717) is 0 Å². The molecule has 3 rings (SSSR count). The van der Waals surface area contributed by atoms with Crippen molar-refractivity contribution in [2.45, 2.75) is 6.42 Å². The topological polar surface area (TPSA) is 34.1 Å². The van der Waals surface area contributed by atoms with Gasteiger partial charge in [0.05, 0.1) is 10.9 Å². The Hall–Kier alpha value is -1.59. The van der Waals surface area contributed by atoms with Crippen LogP contribution in [0, 0.1) is 0 Å². The average molecular weight is 363 g/mol. The zero-order chi connectivity index (χ0) is 14.7. The maximum Gasteiger partial charge on any atom is 0.133 e. The van der Waals surface area contributed by atoms with E-state index in [1.54, 1.807) is 18.4 Å². The third kappa shape index (κ3) is 3.19. The van der Waals surface area contributed by atoms with Crippen LogP contribution in [0.3, 0.4) is 0 Å². The summed E-state index contributed by atoms with van der Waals surface area (Å²) in [4.78, 5) is 5.80. The lowest BCUT2D eigenvalue weighted by Gasteiger charge is -2.10. The molecule has 0 aliphatic heterocycles. The highest BCUT2D eigenvalue weighted by molar-refractivity contribution is 9.11. The fourth-order valence-corrected chi connectivity index (χ4v) is 3.77. The van der Waals surface area contributed by atoms with Gasteiger partial charge in [-0.15, -0.1) is 11.3 Å². The van der Waals surface area contributed by atoms with E-state index in [1.165, 1.54) is 8.66 Å². The number of methoxy groups -OCH3 is 1. The summed E-state index contributed by atoms with van der Waals surface area (Å²) in [6, 6.07) is 12.2. The molecule has 2 aromatic heterocycles. The number of pyridine rings is 1. The number of fused-ring (bicyclic) bond motifs is 1. The molecule has 0 aliphatic carbocycles. The molecule has 3 aromatic rings. The van der Waals surface area contributed by atoms with Gasteiger partial charge < -0.3 is 10.1 Å². The first-order valence-corrected chi connectivity index (χ1v) is 8.28. The zero-order valence-corrected chi connectivity index (χ0v) is 14.0. The van der Waals surface area contributed by atoms with Gasteiger partial charge in [0.2, 0.25) is 0 Å². The van der Waals surface area contributed by atoms with Crippen LogP contribution >= 0.6 is 27.3 Å². The first-order valence-electron chi connectivity index (χ1n) is 6.68. The summed E-state index contributed by atoms with van der Waals surface area (Å²) in [7, 11) is 1.69. The quantitative estimate of drug-likeness (QED) is 0.712. The average Bonchev–Trinajstić information content (AvgIpc) is 2.92. The summed E-state index contributed by atoms with van der Waals surface area (Å²) in [5.74, 6) is 1.78. The van der Waals surface area contributed by atoms with E-state index in [9.17, 15) is 0 Å². The lowest BCUT2D eigenvalue weighted by molar-refractivity contribution is 0.420. The van der Waals surface area contributed by atoms with Crippen LogP contribution < -0.4 is 10.1 Å². The van der Waals surface area contributed by atoms with Crippen molar-refractivity contribution in [2.24, 2.45) is 0 Å². The van der Waals surface area contributed by atoms with E-state index in [-0.39, 0.29) is 0 Å². The van der Waals surface area contributed by atoms with E-state index >= 15 is 0 Å². The second-order valence-electron chi connectivity index (χ2n) is 4.60. The second kappa shape index (κ2) is 6.45. The predicted octanol–water partition coefficient (Wildman–Crippen LogP) is 4.72. The molecule has 21 heavy (non-hydrogen) atoms. The number of nitrogens with zero attached hydrogens (tertiary/aromatic N) is 1. The number of aromatic nitrogens is 1. The van der Waals surface area contributed by atoms with Gasteiger partial charge in [0.15, 0.2) is 0 Å². The largest absolute Gasteiger partial charge is 0.496 e. The third-order valence-corrected chi connectivity index (χ3v) is 4.96. The van der Waals surface area contributed by atoms with Gasteiger partial charge in [0, 0.05) is 28.4 Å². The van der Waals surface area contributed by atoms with Crippen molar-refractivity contribution in [3.8, 4) is 5.75 Å². The molecule has 0 aliphatic rings. The van der Waals surface area contributed by atoms with Gasteiger partial charge in [0.25, 0.3) is 0 Å². The highest BCUT2D eigenvalue weighted by Gasteiger charge is 2.06. The molecule has 5 heteroatoms. The van der Waals surface area contributed by atoms with E-state index < -0.39 is 0 Å². The van der Waals surface area contributed by atoms with Crippen LogP contribution in [0.2, 0.25) is 0 Å². The molecule has 2 heterocycles. The number of nitrogens with one attached hydrogen (secondary N) is 1. The van der Waals surface area contributed by atoms with E-state index in [1.807, 2.05) is 24.4 Å². The Balaban J connectivity index is 1.77. The van der Waals surface area contributed by atoms with Crippen molar-refractivity contribution in [1.29, 1.82) is 0 Å². The van der Waals surface area contributed by atoms with Gasteiger partial charge in [-0.25, -0.2) is 4.98 Å². The van der Waals surface area contributed by atoms with E-state index in [2.05, 4.69) is 44.4 Å². The minimum atomic E-state index is 0.857. The molecule has 0 fully saturated rings. The molecule has 108 valence electrons. The molecule has 0 atom stereocenters. The van der Waals surface area contributed by atoms with Crippen molar-refractivity contribution < 1.29 is 4.74 Å². The Morgan fingerprint density at radius 1 is 1.19 bits per heavy atom. The zero-order valence-electron chi connectivity index (χ0n) is 11.6. The number of thiophene rings is 1. The Kier molecular flexibility index (Phi) is 4.41. The lowest BCUT2D eigenvalue weighted by Crippen LogP contribution is -2.06. The summed E-state index contributed by atoms with van der Waals surface area (Å²) in [6.07, 6.45) is 2.80. The Bertz CT molecular complexity index is 757. The monoisotopic (exact) mass is 362 g/mol. The molecule has 1 aromatic carbocycles. The predicted molar refractivity (Wildman–Crippen MR) is 92.5 cm³/mol. The molecule has 3 nitrogen and oxygen atoms in total. The second-order valence-corrected chi connectivity index (χ2v) is 7.15. The van der Waals surface area contributed by atoms with Crippen molar-refractivity contribution in [3.05, 3.63) is 51.3 Å². The van der Waals surface area contributed by atoms with Crippen LogP contribution in [0.15, 0.2) is 46.4 Å². The van der Waals surface area contributed by atoms with Gasteiger partial charge in [0.1, 0.15) is 11.6 Å². The fraction of sp³-hybridized carbons (Fsp3) is 0.188. The highest BCUT2D eigenvalue weighted by Crippen LogP contribution is 2.29. The van der Waals surface area contributed by atoms with Crippen molar-refractivity contribution >= 4 is 43.9 Å². The SMILES string of the molecule is COc1cccc2c(NCCc3ccc(Br)s3)nccc12. The molecule has 0 bridgehead atoms. The molecule has 1 N–H and O–H groups in total. The standard InChI is InChI=1S/C16H15BrN2OS/c1-20-14-4-2-3-13-12(14)8-10-19-16(13)18-9-7-11-5-6-15(17)21-11/h2-6,8,10H,7,9H2,1H3,(H,18,19). The first kappa shape index (κ1) is 14.4. The third-order valence-electron chi connectivity index (χ3n) is 3.28. The summed E-state index contributed by atoms with van der Waals surface area (Å²) in [5.41, 5.74) is 0. The summed E-state index contributed by atoms with van der Waals surface area (Å²) in [5, 5.41) is 5.59. The van der Waals surface area contributed by atoms with Gasteiger partial charge in [-0.2, -0.15) is 0 Å². The van der Waals surface area contributed by atoms with Crippen LogP contribution in [0.5, 0.6) is 5.75 Å². The van der Waals surface area contributed by atoms with Crippen LogP contribution in [0.25, 0.3) is 10.8 Å². The molecule has 0 saturated heterocycles. The Labute approximate surface area is 136 Å².